The lowest BCUT2D eigenvalue weighted by Crippen LogP contribution is -2.45. The highest BCUT2D eigenvalue weighted by Gasteiger charge is 2.42. The van der Waals surface area contributed by atoms with Gasteiger partial charge < -0.3 is 14.4 Å². The average Bonchev–Trinajstić information content (AvgIpc) is 2.84. The van der Waals surface area contributed by atoms with Crippen molar-refractivity contribution in [3.63, 3.8) is 0 Å². The minimum absolute atomic E-state index is 0.0651. The van der Waals surface area contributed by atoms with Crippen LogP contribution in [0.5, 0.6) is 5.75 Å². The van der Waals surface area contributed by atoms with Gasteiger partial charge in [0.2, 0.25) is 10.0 Å². The number of rotatable bonds is 6. The van der Waals surface area contributed by atoms with Gasteiger partial charge in [-0.15, -0.1) is 0 Å². The van der Waals surface area contributed by atoms with Crippen molar-refractivity contribution in [2.45, 2.75) is 69.9 Å². The molecule has 8 heteroatoms. The molecule has 1 fully saturated rings. The number of nitrogens with zero attached hydrogens (tertiary/aromatic N) is 1. The van der Waals surface area contributed by atoms with Crippen molar-refractivity contribution in [2.24, 2.45) is 11.1 Å². The Morgan fingerprint density at radius 3 is 2.39 bits per heavy atom. The van der Waals surface area contributed by atoms with Crippen molar-refractivity contribution in [1.82, 2.24) is 4.90 Å². The minimum Gasteiger partial charge on any atom is -0.494 e. The number of likely N-dealkylation sites (tertiary alicyclic amines) is 1. The summed E-state index contributed by atoms with van der Waals surface area (Å²) in [6.07, 6.45) is 2.46. The number of primary sulfonamides is 1. The lowest BCUT2D eigenvalue weighted by atomic mass is 9.93. The van der Waals surface area contributed by atoms with Gasteiger partial charge in [0, 0.05) is 12.1 Å². The molecule has 0 saturated carbocycles. The van der Waals surface area contributed by atoms with Crippen molar-refractivity contribution >= 4 is 16.1 Å². The Morgan fingerprint density at radius 1 is 1.25 bits per heavy atom. The normalized spacial score (nSPS) is 19.5. The highest BCUT2D eigenvalue weighted by atomic mass is 32.2. The molecule has 0 unspecified atom stereocenters. The van der Waals surface area contributed by atoms with E-state index in [9.17, 15) is 13.2 Å². The number of ether oxygens (including phenoxy) is 2. The molecule has 1 aliphatic rings. The third kappa shape index (κ3) is 6.38. The van der Waals surface area contributed by atoms with E-state index in [1.54, 1.807) is 12.1 Å². The van der Waals surface area contributed by atoms with Gasteiger partial charge in [-0.25, -0.2) is 18.4 Å². The fourth-order valence-corrected chi connectivity index (χ4v) is 4.02. The summed E-state index contributed by atoms with van der Waals surface area (Å²) < 4.78 is 33.7. The second-order valence-corrected chi connectivity index (χ2v) is 10.5. The van der Waals surface area contributed by atoms with Gasteiger partial charge in [-0.3, -0.25) is 0 Å². The summed E-state index contributed by atoms with van der Waals surface area (Å²) in [5.74, 6) is 1.01. The van der Waals surface area contributed by atoms with Gasteiger partial charge in [-0.2, -0.15) is 0 Å². The average molecular weight is 413 g/mol. The Morgan fingerprint density at radius 2 is 1.86 bits per heavy atom. The first-order valence-electron chi connectivity index (χ1n) is 9.54. The van der Waals surface area contributed by atoms with Gasteiger partial charge in [-0.05, 0) is 84.1 Å². The molecule has 0 spiro atoms. The van der Waals surface area contributed by atoms with E-state index in [4.69, 9.17) is 14.6 Å². The molecule has 1 saturated heterocycles. The van der Waals surface area contributed by atoms with Gasteiger partial charge in [0.05, 0.1) is 11.5 Å². The summed E-state index contributed by atoms with van der Waals surface area (Å²) in [4.78, 5) is 14.4. The van der Waals surface area contributed by atoms with Gasteiger partial charge in [0.25, 0.3) is 0 Å². The molecule has 28 heavy (non-hydrogen) atoms. The highest BCUT2D eigenvalue weighted by Crippen LogP contribution is 2.36. The maximum absolute atomic E-state index is 12.5. The molecule has 1 aliphatic heterocycles. The van der Waals surface area contributed by atoms with Crippen molar-refractivity contribution in [3.8, 4) is 5.75 Å². The molecule has 2 N–H and O–H groups in total. The molecule has 1 atom stereocenters. The molecule has 1 aromatic carbocycles. The van der Waals surface area contributed by atoms with Crippen molar-refractivity contribution in [2.75, 3.05) is 13.2 Å². The predicted octanol–water partition coefficient (Wildman–Crippen LogP) is 3.53. The maximum Gasteiger partial charge on any atom is 0.410 e. The second kappa shape index (κ2) is 8.29. The standard InChI is InChI=1S/C20H32N2O5S/c1-19(2,3)27-18(23)22-14-15(13-20(22,4)5)7-6-12-26-16-8-10-17(11-9-16)28(21,24)25/h8-11,15H,6-7,12-14H2,1-5H3,(H2,21,24,25)/t15-/m0/s1. The first-order chi connectivity index (χ1) is 12.8. The molecule has 0 aliphatic carbocycles. The fraction of sp³-hybridized carbons (Fsp3) is 0.650. The summed E-state index contributed by atoms with van der Waals surface area (Å²) in [6.45, 7) is 11.0. The zero-order chi connectivity index (χ0) is 21.2. The summed E-state index contributed by atoms with van der Waals surface area (Å²) in [5, 5.41) is 5.08. The number of benzene rings is 1. The monoisotopic (exact) mass is 412 g/mol. The number of carbonyl (C=O) groups is 1. The number of amides is 1. The molecular formula is C20H32N2O5S. The number of hydrogen-bond donors (Lipinski definition) is 1. The van der Waals surface area contributed by atoms with E-state index in [0.717, 1.165) is 19.3 Å². The zero-order valence-electron chi connectivity index (χ0n) is 17.4. The number of hydrogen-bond acceptors (Lipinski definition) is 5. The summed E-state index contributed by atoms with van der Waals surface area (Å²) in [7, 11) is -3.69. The van der Waals surface area contributed by atoms with E-state index in [0.29, 0.717) is 24.8 Å². The Labute approximate surface area is 168 Å². The van der Waals surface area contributed by atoms with E-state index < -0.39 is 15.6 Å². The maximum atomic E-state index is 12.5. The van der Waals surface area contributed by atoms with Crippen LogP contribution in [0.1, 0.15) is 53.9 Å². The van der Waals surface area contributed by atoms with Crippen LogP contribution < -0.4 is 9.88 Å². The van der Waals surface area contributed by atoms with Crippen LogP contribution in [0.3, 0.4) is 0 Å². The first-order valence-corrected chi connectivity index (χ1v) is 11.1. The third-order valence-corrected chi connectivity index (χ3v) is 5.68. The summed E-state index contributed by atoms with van der Waals surface area (Å²) in [6, 6.07) is 6.07. The van der Waals surface area contributed by atoms with Gasteiger partial charge in [-0.1, -0.05) is 0 Å². The number of carbonyl (C=O) groups excluding carboxylic acids is 1. The lowest BCUT2D eigenvalue weighted by Gasteiger charge is -2.33. The van der Waals surface area contributed by atoms with E-state index in [2.05, 4.69) is 13.8 Å². The van der Waals surface area contributed by atoms with Crippen molar-refractivity contribution < 1.29 is 22.7 Å². The minimum atomic E-state index is -3.69. The largest absolute Gasteiger partial charge is 0.494 e. The molecule has 1 heterocycles. The van der Waals surface area contributed by atoms with Gasteiger partial charge in [0.15, 0.2) is 0 Å². The van der Waals surface area contributed by atoms with Crippen LogP contribution in [-0.2, 0) is 14.8 Å². The summed E-state index contributed by atoms with van der Waals surface area (Å²) >= 11 is 0. The smallest absolute Gasteiger partial charge is 0.410 e. The second-order valence-electron chi connectivity index (χ2n) is 8.98. The Kier molecular flexibility index (Phi) is 6.66. The Bertz CT molecular complexity index is 782. The van der Waals surface area contributed by atoms with Crippen LogP contribution in [0.25, 0.3) is 0 Å². The fourth-order valence-electron chi connectivity index (χ4n) is 3.51. The van der Waals surface area contributed by atoms with Crippen LogP contribution >= 0.6 is 0 Å². The molecule has 0 bridgehead atoms. The molecule has 158 valence electrons. The van der Waals surface area contributed by atoms with Crippen LogP contribution in [-0.4, -0.2) is 43.7 Å². The molecule has 7 nitrogen and oxygen atoms in total. The zero-order valence-corrected chi connectivity index (χ0v) is 18.2. The van der Waals surface area contributed by atoms with Crippen LogP contribution in [0.15, 0.2) is 29.2 Å². The third-order valence-electron chi connectivity index (χ3n) is 4.75. The molecule has 0 radical (unpaired) electrons. The first kappa shape index (κ1) is 22.5. The van der Waals surface area contributed by atoms with E-state index in [-0.39, 0.29) is 16.5 Å². The lowest BCUT2D eigenvalue weighted by molar-refractivity contribution is 0.0131. The SMILES string of the molecule is CC(C)(C)OC(=O)N1C[C@@H](CCCOc2ccc(S(N)(=O)=O)cc2)CC1(C)C. The van der Waals surface area contributed by atoms with Crippen molar-refractivity contribution in [3.05, 3.63) is 24.3 Å². The molecule has 2 rings (SSSR count). The quantitative estimate of drug-likeness (QED) is 0.721. The topological polar surface area (TPSA) is 98.9 Å². The van der Waals surface area contributed by atoms with Crippen LogP contribution in [0, 0.1) is 5.92 Å². The van der Waals surface area contributed by atoms with Gasteiger partial charge in [0.1, 0.15) is 11.4 Å². The van der Waals surface area contributed by atoms with Gasteiger partial charge >= 0.3 is 6.09 Å². The van der Waals surface area contributed by atoms with Crippen molar-refractivity contribution in [1.29, 1.82) is 0 Å². The van der Waals surface area contributed by atoms with Crippen LogP contribution in [0.4, 0.5) is 4.79 Å². The molecule has 1 amide bonds. The number of nitrogens with two attached hydrogens (primary N) is 1. The molecule has 1 aromatic rings. The van der Waals surface area contributed by atoms with E-state index in [1.165, 1.54) is 12.1 Å². The van der Waals surface area contributed by atoms with E-state index in [1.807, 2.05) is 25.7 Å². The predicted molar refractivity (Wildman–Crippen MR) is 108 cm³/mol. The Balaban J connectivity index is 1.80. The van der Waals surface area contributed by atoms with E-state index >= 15 is 0 Å². The summed E-state index contributed by atoms with van der Waals surface area (Å²) in [5.41, 5.74) is -0.727. The molecule has 0 aromatic heterocycles. The Hall–Kier alpha value is -1.80. The highest BCUT2D eigenvalue weighted by molar-refractivity contribution is 7.89. The van der Waals surface area contributed by atoms with Crippen LogP contribution in [0.2, 0.25) is 0 Å². The number of sulfonamides is 1. The molecular weight excluding hydrogens is 380 g/mol.